The summed E-state index contributed by atoms with van der Waals surface area (Å²) < 4.78 is 9.38. The molecule has 0 aliphatic rings. The minimum Gasteiger partial charge on any atom is -0.464 e. The van der Waals surface area contributed by atoms with E-state index in [4.69, 9.17) is 4.74 Å². The van der Waals surface area contributed by atoms with Crippen LogP contribution in [0.4, 0.5) is 4.79 Å². The number of carbonyl (C=O) groups is 2. The minimum absolute atomic E-state index is 0.118. The number of amides is 1. The van der Waals surface area contributed by atoms with Crippen LogP contribution in [-0.4, -0.2) is 32.3 Å². The molecule has 0 saturated heterocycles. The van der Waals surface area contributed by atoms with E-state index in [1.54, 1.807) is 0 Å². The fourth-order valence-electron chi connectivity index (χ4n) is 0.855. The van der Waals surface area contributed by atoms with Gasteiger partial charge in [0.2, 0.25) is 0 Å². The molecule has 5 heteroatoms. The summed E-state index contributed by atoms with van der Waals surface area (Å²) in [6.45, 7) is 8.18. The van der Waals surface area contributed by atoms with Crippen molar-refractivity contribution >= 4 is 12.1 Å². The molecule has 0 aliphatic heterocycles. The standard InChI is InChI=1S/C11H21NO4/c1-8(11(2,3)4)9(13)16-7-6-12-10(14)15-5/h8H,6-7H2,1-5H3,(H,12,14). The zero-order valence-corrected chi connectivity index (χ0v) is 10.6. The zero-order valence-electron chi connectivity index (χ0n) is 10.6. The SMILES string of the molecule is COC(=O)NCCOC(=O)C(C)C(C)(C)C. The van der Waals surface area contributed by atoms with Crippen molar-refractivity contribution in [1.82, 2.24) is 5.32 Å². The van der Waals surface area contributed by atoms with E-state index in [0.29, 0.717) is 0 Å². The van der Waals surface area contributed by atoms with Gasteiger partial charge in [0.05, 0.1) is 19.6 Å². The van der Waals surface area contributed by atoms with Crippen molar-refractivity contribution in [3.8, 4) is 0 Å². The molecule has 0 aliphatic carbocycles. The molecule has 0 spiro atoms. The summed E-state index contributed by atoms with van der Waals surface area (Å²) in [6.07, 6.45) is -0.528. The molecule has 1 unspecified atom stereocenters. The third kappa shape index (κ3) is 5.58. The van der Waals surface area contributed by atoms with E-state index in [2.05, 4.69) is 10.1 Å². The summed E-state index contributed by atoms with van der Waals surface area (Å²) in [5.41, 5.74) is -0.118. The molecule has 0 fully saturated rings. The highest BCUT2D eigenvalue weighted by atomic mass is 16.5. The summed E-state index contributed by atoms with van der Waals surface area (Å²) >= 11 is 0. The number of alkyl carbamates (subject to hydrolysis) is 1. The molecule has 1 atom stereocenters. The van der Waals surface area contributed by atoms with Gasteiger partial charge in [0.1, 0.15) is 6.61 Å². The highest BCUT2D eigenvalue weighted by molar-refractivity contribution is 5.73. The molecular formula is C11H21NO4. The van der Waals surface area contributed by atoms with Crippen molar-refractivity contribution in [2.45, 2.75) is 27.7 Å². The smallest absolute Gasteiger partial charge is 0.406 e. The van der Waals surface area contributed by atoms with Crippen LogP contribution in [0.25, 0.3) is 0 Å². The van der Waals surface area contributed by atoms with E-state index in [1.165, 1.54) is 7.11 Å². The second-order valence-corrected chi connectivity index (χ2v) is 4.67. The van der Waals surface area contributed by atoms with Crippen LogP contribution in [0, 0.1) is 11.3 Å². The Balaban J connectivity index is 3.78. The maximum Gasteiger partial charge on any atom is 0.406 e. The lowest BCUT2D eigenvalue weighted by molar-refractivity contribution is -0.151. The Morgan fingerprint density at radius 2 is 1.88 bits per heavy atom. The van der Waals surface area contributed by atoms with Gasteiger partial charge in [-0.1, -0.05) is 27.7 Å². The summed E-state index contributed by atoms with van der Waals surface area (Å²) in [4.78, 5) is 22.2. The number of hydrogen-bond donors (Lipinski definition) is 1. The molecule has 0 radical (unpaired) electrons. The van der Waals surface area contributed by atoms with E-state index in [0.717, 1.165) is 0 Å². The van der Waals surface area contributed by atoms with Crippen molar-refractivity contribution in [2.24, 2.45) is 11.3 Å². The molecule has 0 aromatic heterocycles. The topological polar surface area (TPSA) is 64.6 Å². The number of methoxy groups -OCH3 is 1. The molecule has 0 bridgehead atoms. The Kier molecular flexibility index (Phi) is 5.85. The lowest BCUT2D eigenvalue weighted by atomic mass is 9.82. The Hall–Kier alpha value is -1.26. The molecule has 1 N–H and O–H groups in total. The molecule has 5 nitrogen and oxygen atoms in total. The van der Waals surface area contributed by atoms with Crippen LogP contribution >= 0.6 is 0 Å². The lowest BCUT2D eigenvalue weighted by Gasteiger charge is -2.25. The van der Waals surface area contributed by atoms with Crippen molar-refractivity contribution in [1.29, 1.82) is 0 Å². The summed E-state index contributed by atoms with van der Waals surface area (Å²) in [5.74, 6) is -0.426. The summed E-state index contributed by atoms with van der Waals surface area (Å²) in [6, 6.07) is 0. The largest absolute Gasteiger partial charge is 0.464 e. The second-order valence-electron chi connectivity index (χ2n) is 4.67. The lowest BCUT2D eigenvalue weighted by Crippen LogP contribution is -2.31. The molecule has 94 valence electrons. The number of carbonyl (C=O) groups excluding carboxylic acids is 2. The van der Waals surface area contributed by atoms with Crippen molar-refractivity contribution < 1.29 is 19.1 Å². The van der Waals surface area contributed by atoms with E-state index < -0.39 is 6.09 Å². The number of rotatable bonds is 4. The highest BCUT2D eigenvalue weighted by Crippen LogP contribution is 2.26. The number of hydrogen-bond acceptors (Lipinski definition) is 4. The number of nitrogens with one attached hydrogen (secondary N) is 1. The first kappa shape index (κ1) is 14.7. The van der Waals surface area contributed by atoms with Crippen LogP contribution in [0.1, 0.15) is 27.7 Å². The minimum atomic E-state index is -0.528. The average molecular weight is 231 g/mol. The van der Waals surface area contributed by atoms with Gasteiger partial charge in [-0.25, -0.2) is 4.79 Å². The van der Waals surface area contributed by atoms with Gasteiger partial charge >= 0.3 is 12.1 Å². The molecule has 0 saturated carbocycles. The van der Waals surface area contributed by atoms with Crippen LogP contribution in [-0.2, 0) is 14.3 Å². The third-order valence-corrected chi connectivity index (χ3v) is 2.45. The quantitative estimate of drug-likeness (QED) is 0.589. The molecule has 0 heterocycles. The van der Waals surface area contributed by atoms with Gasteiger partial charge in [-0.05, 0) is 5.41 Å². The van der Waals surface area contributed by atoms with E-state index in [1.807, 2.05) is 27.7 Å². The monoisotopic (exact) mass is 231 g/mol. The first-order chi connectivity index (χ1) is 7.29. The molecule has 1 amide bonds. The van der Waals surface area contributed by atoms with E-state index in [9.17, 15) is 9.59 Å². The number of ether oxygens (including phenoxy) is 2. The van der Waals surface area contributed by atoms with Gasteiger partial charge in [0.15, 0.2) is 0 Å². The first-order valence-electron chi connectivity index (χ1n) is 5.27. The molecule has 16 heavy (non-hydrogen) atoms. The van der Waals surface area contributed by atoms with Gasteiger partial charge in [0.25, 0.3) is 0 Å². The summed E-state index contributed by atoms with van der Waals surface area (Å²) in [7, 11) is 1.28. The predicted octanol–water partition coefficient (Wildman–Crippen LogP) is 1.57. The number of esters is 1. The van der Waals surface area contributed by atoms with Gasteiger partial charge in [0, 0.05) is 0 Å². The van der Waals surface area contributed by atoms with Crippen LogP contribution in [0.5, 0.6) is 0 Å². The zero-order chi connectivity index (χ0) is 12.8. The molecular weight excluding hydrogens is 210 g/mol. The maximum atomic E-state index is 11.5. The van der Waals surface area contributed by atoms with Crippen molar-refractivity contribution in [2.75, 3.05) is 20.3 Å². The first-order valence-corrected chi connectivity index (χ1v) is 5.27. The predicted molar refractivity (Wildman–Crippen MR) is 60.0 cm³/mol. The van der Waals surface area contributed by atoms with Crippen molar-refractivity contribution in [3.05, 3.63) is 0 Å². The molecule has 0 rings (SSSR count). The van der Waals surface area contributed by atoms with Gasteiger partial charge in [-0.3, -0.25) is 4.79 Å². The van der Waals surface area contributed by atoms with Gasteiger partial charge in [-0.15, -0.1) is 0 Å². The van der Waals surface area contributed by atoms with Crippen molar-refractivity contribution in [3.63, 3.8) is 0 Å². The van der Waals surface area contributed by atoms with Crippen LogP contribution in [0.2, 0.25) is 0 Å². The van der Waals surface area contributed by atoms with Crippen LogP contribution in [0.3, 0.4) is 0 Å². The van der Waals surface area contributed by atoms with Crippen LogP contribution in [0.15, 0.2) is 0 Å². The molecule has 0 aromatic rings. The molecule has 0 aromatic carbocycles. The van der Waals surface area contributed by atoms with Gasteiger partial charge in [-0.2, -0.15) is 0 Å². The third-order valence-electron chi connectivity index (χ3n) is 2.45. The normalized spacial score (nSPS) is 12.8. The Morgan fingerprint density at radius 3 is 2.31 bits per heavy atom. The fourth-order valence-corrected chi connectivity index (χ4v) is 0.855. The summed E-state index contributed by atoms with van der Waals surface area (Å²) in [5, 5.41) is 2.43. The van der Waals surface area contributed by atoms with E-state index in [-0.39, 0.29) is 30.5 Å². The van der Waals surface area contributed by atoms with Crippen LogP contribution < -0.4 is 5.32 Å². The van der Waals surface area contributed by atoms with E-state index >= 15 is 0 Å². The second kappa shape index (κ2) is 6.35. The Labute approximate surface area is 96.5 Å². The fraction of sp³-hybridized carbons (Fsp3) is 0.818. The maximum absolute atomic E-state index is 11.5. The Bertz CT molecular complexity index is 245. The highest BCUT2D eigenvalue weighted by Gasteiger charge is 2.27. The van der Waals surface area contributed by atoms with Gasteiger partial charge < -0.3 is 14.8 Å². The Morgan fingerprint density at radius 1 is 1.31 bits per heavy atom. The average Bonchev–Trinajstić information content (AvgIpc) is 2.21.